The first kappa shape index (κ1) is 21.9. The largest absolute Gasteiger partial charge is 0.496 e. The Kier molecular flexibility index (Phi) is 5.70. The van der Waals surface area contributed by atoms with Crippen LogP contribution in [0.15, 0.2) is 47.4 Å². The van der Waals surface area contributed by atoms with Crippen molar-refractivity contribution in [3.63, 3.8) is 0 Å². The summed E-state index contributed by atoms with van der Waals surface area (Å²) in [7, 11) is 1.65. The van der Waals surface area contributed by atoms with Gasteiger partial charge in [0.1, 0.15) is 5.75 Å². The molecule has 0 aliphatic heterocycles. The van der Waals surface area contributed by atoms with E-state index in [2.05, 4.69) is 57.9 Å². The van der Waals surface area contributed by atoms with Crippen LogP contribution < -0.4 is 15.5 Å². The highest BCUT2D eigenvalue weighted by molar-refractivity contribution is 5.78. The van der Waals surface area contributed by atoms with Crippen LogP contribution in [0.1, 0.15) is 64.5 Å². The predicted molar refractivity (Wildman–Crippen MR) is 124 cm³/mol. The summed E-state index contributed by atoms with van der Waals surface area (Å²) in [6, 6.07) is 11.3. The first-order valence-electron chi connectivity index (χ1n) is 10.2. The third kappa shape index (κ3) is 4.21. The number of H-pyrrole nitrogens is 1. The molecule has 0 bridgehead atoms. The average Bonchev–Trinajstić information content (AvgIpc) is 2.66. The third-order valence-electron chi connectivity index (χ3n) is 5.36. The molecule has 0 saturated carbocycles. The number of aliphatic hydroxyl groups excluding tert-OH is 1. The van der Waals surface area contributed by atoms with Crippen LogP contribution in [-0.2, 0) is 10.8 Å². The second kappa shape index (κ2) is 7.80. The number of aliphatic hydroxyl groups is 1. The average molecular weight is 409 g/mol. The molecular formula is C25H32N2O3. The van der Waals surface area contributed by atoms with E-state index in [0.717, 1.165) is 28.1 Å². The van der Waals surface area contributed by atoms with Gasteiger partial charge in [-0.2, -0.15) is 0 Å². The van der Waals surface area contributed by atoms with E-state index in [1.807, 2.05) is 24.3 Å². The summed E-state index contributed by atoms with van der Waals surface area (Å²) in [6.45, 7) is 12.8. The number of nitrogens with one attached hydrogen (secondary N) is 2. The van der Waals surface area contributed by atoms with Crippen LogP contribution in [0, 0.1) is 0 Å². The zero-order valence-corrected chi connectivity index (χ0v) is 18.9. The van der Waals surface area contributed by atoms with Crippen LogP contribution >= 0.6 is 0 Å². The minimum atomic E-state index is -1.16. The number of benzene rings is 2. The van der Waals surface area contributed by atoms with Gasteiger partial charge < -0.3 is 20.1 Å². The van der Waals surface area contributed by atoms with Gasteiger partial charge in [-0.05, 0) is 40.2 Å². The summed E-state index contributed by atoms with van der Waals surface area (Å²) in [5.41, 5.74) is 3.43. The Labute approximate surface area is 178 Å². The summed E-state index contributed by atoms with van der Waals surface area (Å²) in [5, 5.41) is 14.6. The number of pyridine rings is 1. The zero-order valence-electron chi connectivity index (χ0n) is 18.9. The van der Waals surface area contributed by atoms with Crippen molar-refractivity contribution in [1.82, 2.24) is 4.98 Å². The molecule has 2 aromatic carbocycles. The Morgan fingerprint density at radius 2 is 1.63 bits per heavy atom. The van der Waals surface area contributed by atoms with E-state index in [1.165, 1.54) is 0 Å². The standard InChI is InChI=1S/C25H32N2O3/c1-24(2,3)17-12-18(25(4,5)6)21(30-7)13-20(17)27-23(29)16-14-26-19-11-9-8-10-15(19)22(16)28/h8-14,23,27,29H,1-7H3,(H,26,28). The number of fused-ring (bicyclic) bond motifs is 1. The number of aromatic amines is 1. The summed E-state index contributed by atoms with van der Waals surface area (Å²) in [4.78, 5) is 16.0. The fourth-order valence-corrected chi connectivity index (χ4v) is 3.69. The molecule has 30 heavy (non-hydrogen) atoms. The molecule has 1 aromatic heterocycles. The van der Waals surface area contributed by atoms with E-state index >= 15 is 0 Å². The molecule has 5 nitrogen and oxygen atoms in total. The number of para-hydroxylation sites is 1. The van der Waals surface area contributed by atoms with Crippen LogP contribution in [0.4, 0.5) is 5.69 Å². The summed E-state index contributed by atoms with van der Waals surface area (Å²) >= 11 is 0. The molecule has 3 N–H and O–H groups in total. The van der Waals surface area contributed by atoms with Gasteiger partial charge in [0, 0.05) is 28.9 Å². The van der Waals surface area contributed by atoms with E-state index in [-0.39, 0.29) is 21.8 Å². The Bertz CT molecular complexity index is 1120. The number of ether oxygens (including phenoxy) is 1. The zero-order chi connectivity index (χ0) is 22.3. The van der Waals surface area contributed by atoms with Gasteiger partial charge in [-0.1, -0.05) is 53.7 Å². The van der Waals surface area contributed by atoms with Crippen molar-refractivity contribution in [3.05, 3.63) is 69.5 Å². The van der Waals surface area contributed by atoms with Crippen molar-refractivity contribution < 1.29 is 9.84 Å². The molecule has 1 unspecified atom stereocenters. The van der Waals surface area contributed by atoms with Crippen LogP contribution in [0.3, 0.4) is 0 Å². The van der Waals surface area contributed by atoms with Crippen molar-refractivity contribution in [1.29, 1.82) is 0 Å². The fraction of sp³-hybridized carbons (Fsp3) is 0.400. The maximum atomic E-state index is 12.9. The van der Waals surface area contributed by atoms with Crippen molar-refractivity contribution in [2.24, 2.45) is 0 Å². The van der Waals surface area contributed by atoms with Crippen LogP contribution in [0.25, 0.3) is 10.9 Å². The molecule has 3 rings (SSSR count). The van der Waals surface area contributed by atoms with Crippen LogP contribution in [-0.4, -0.2) is 17.2 Å². The number of methoxy groups -OCH3 is 1. The molecule has 0 saturated heterocycles. The highest BCUT2D eigenvalue weighted by atomic mass is 16.5. The van der Waals surface area contributed by atoms with Gasteiger partial charge in [-0.3, -0.25) is 4.79 Å². The van der Waals surface area contributed by atoms with Gasteiger partial charge in [0.2, 0.25) is 0 Å². The van der Waals surface area contributed by atoms with E-state index in [1.54, 1.807) is 19.4 Å². The lowest BCUT2D eigenvalue weighted by atomic mass is 9.79. The van der Waals surface area contributed by atoms with E-state index < -0.39 is 6.23 Å². The first-order chi connectivity index (χ1) is 13.9. The van der Waals surface area contributed by atoms with Gasteiger partial charge in [0.15, 0.2) is 11.7 Å². The van der Waals surface area contributed by atoms with Gasteiger partial charge in [-0.15, -0.1) is 0 Å². The lowest BCUT2D eigenvalue weighted by molar-refractivity contribution is 0.206. The SMILES string of the molecule is COc1cc(NC(O)c2c[nH]c3ccccc3c2=O)c(C(C)(C)C)cc1C(C)(C)C. The monoisotopic (exact) mass is 408 g/mol. The third-order valence-corrected chi connectivity index (χ3v) is 5.36. The first-order valence-corrected chi connectivity index (χ1v) is 10.2. The fourth-order valence-electron chi connectivity index (χ4n) is 3.69. The summed E-state index contributed by atoms with van der Waals surface area (Å²) < 4.78 is 5.66. The lowest BCUT2D eigenvalue weighted by Gasteiger charge is -2.30. The number of anilines is 1. The molecule has 0 amide bonds. The van der Waals surface area contributed by atoms with Crippen LogP contribution in [0.5, 0.6) is 5.75 Å². The predicted octanol–water partition coefficient (Wildman–Crippen LogP) is 5.23. The van der Waals surface area contributed by atoms with Crippen molar-refractivity contribution >= 4 is 16.6 Å². The summed E-state index contributed by atoms with van der Waals surface area (Å²) in [6.07, 6.45) is 0.407. The van der Waals surface area contributed by atoms with Gasteiger partial charge in [0.05, 0.1) is 12.7 Å². The molecule has 0 aliphatic rings. The maximum absolute atomic E-state index is 12.9. The Morgan fingerprint density at radius 1 is 1.00 bits per heavy atom. The molecule has 0 aliphatic carbocycles. The van der Waals surface area contributed by atoms with Gasteiger partial charge >= 0.3 is 0 Å². The molecular weight excluding hydrogens is 376 g/mol. The topological polar surface area (TPSA) is 74.3 Å². The Morgan fingerprint density at radius 3 is 2.23 bits per heavy atom. The van der Waals surface area contributed by atoms with Crippen molar-refractivity contribution in [2.45, 2.75) is 58.6 Å². The number of hydrogen-bond donors (Lipinski definition) is 3. The maximum Gasteiger partial charge on any atom is 0.197 e. The molecule has 3 aromatic rings. The molecule has 5 heteroatoms. The smallest absolute Gasteiger partial charge is 0.197 e. The van der Waals surface area contributed by atoms with Gasteiger partial charge in [-0.25, -0.2) is 0 Å². The number of aromatic nitrogens is 1. The van der Waals surface area contributed by atoms with Crippen LogP contribution in [0.2, 0.25) is 0 Å². The van der Waals surface area contributed by atoms with E-state index in [0.29, 0.717) is 5.39 Å². The van der Waals surface area contributed by atoms with E-state index in [9.17, 15) is 9.90 Å². The highest BCUT2D eigenvalue weighted by Crippen LogP contribution is 2.40. The Hall–Kier alpha value is -2.79. The van der Waals surface area contributed by atoms with E-state index in [4.69, 9.17) is 4.74 Å². The molecule has 0 spiro atoms. The molecule has 1 atom stereocenters. The second-order valence-corrected chi connectivity index (χ2v) is 9.76. The summed E-state index contributed by atoms with van der Waals surface area (Å²) in [5.74, 6) is 0.748. The number of hydrogen-bond acceptors (Lipinski definition) is 4. The minimum Gasteiger partial charge on any atom is -0.496 e. The normalized spacial score (nSPS) is 13.3. The number of rotatable bonds is 4. The molecule has 0 radical (unpaired) electrons. The van der Waals surface area contributed by atoms with Crippen molar-refractivity contribution in [2.75, 3.05) is 12.4 Å². The molecule has 1 heterocycles. The molecule has 0 fully saturated rings. The van der Waals surface area contributed by atoms with Gasteiger partial charge in [0.25, 0.3) is 0 Å². The molecule has 160 valence electrons. The quantitative estimate of drug-likeness (QED) is 0.517. The lowest BCUT2D eigenvalue weighted by Crippen LogP contribution is -2.23. The van der Waals surface area contributed by atoms with Crippen molar-refractivity contribution in [3.8, 4) is 5.75 Å². The second-order valence-electron chi connectivity index (χ2n) is 9.76. The highest BCUT2D eigenvalue weighted by Gasteiger charge is 2.27. The minimum absolute atomic E-state index is 0.0992. The Balaban J connectivity index is 2.10.